The summed E-state index contributed by atoms with van der Waals surface area (Å²) in [6.07, 6.45) is 3.12. The highest BCUT2D eigenvalue weighted by molar-refractivity contribution is 7.10. The van der Waals surface area contributed by atoms with E-state index in [0.29, 0.717) is 58.3 Å². The van der Waals surface area contributed by atoms with Gasteiger partial charge in [-0.1, -0.05) is 36.4 Å². The molecular formula is C26H34N4O3S. The molecule has 2 aromatic rings. The molecule has 3 heterocycles. The van der Waals surface area contributed by atoms with E-state index < -0.39 is 5.54 Å². The molecule has 0 saturated carbocycles. The molecule has 0 spiro atoms. The van der Waals surface area contributed by atoms with Gasteiger partial charge in [0.25, 0.3) is 5.91 Å². The fourth-order valence-electron chi connectivity index (χ4n) is 5.08. The van der Waals surface area contributed by atoms with E-state index in [-0.39, 0.29) is 23.8 Å². The van der Waals surface area contributed by atoms with E-state index in [0.717, 1.165) is 10.4 Å². The van der Waals surface area contributed by atoms with E-state index in [1.807, 2.05) is 59.6 Å². The zero-order chi connectivity index (χ0) is 24.1. The van der Waals surface area contributed by atoms with Crippen molar-refractivity contribution >= 4 is 29.2 Å². The minimum atomic E-state index is -0.915. The summed E-state index contributed by atoms with van der Waals surface area (Å²) in [5.41, 5.74) is 0.238. The van der Waals surface area contributed by atoms with Crippen LogP contribution in [0.1, 0.15) is 29.7 Å². The van der Waals surface area contributed by atoms with Gasteiger partial charge in [-0.2, -0.15) is 0 Å². The number of rotatable bonds is 9. The predicted octanol–water partition coefficient (Wildman–Crippen LogP) is 3.01. The van der Waals surface area contributed by atoms with Crippen molar-refractivity contribution < 1.29 is 14.4 Å². The molecule has 4 amide bonds. The average molecular weight is 483 g/mol. The Labute approximate surface area is 205 Å². The zero-order valence-corrected chi connectivity index (χ0v) is 20.9. The van der Waals surface area contributed by atoms with E-state index in [9.17, 15) is 14.4 Å². The van der Waals surface area contributed by atoms with Crippen LogP contribution in [0, 0.1) is 5.92 Å². The van der Waals surface area contributed by atoms with Gasteiger partial charge in [-0.05, 0) is 62.7 Å². The number of likely N-dealkylation sites (N-methyl/N-ethyl adjacent to an activating group) is 1. The highest BCUT2D eigenvalue weighted by Crippen LogP contribution is 2.37. The second kappa shape index (κ2) is 10.7. The zero-order valence-electron chi connectivity index (χ0n) is 20.0. The van der Waals surface area contributed by atoms with E-state index in [4.69, 9.17) is 0 Å². The molecule has 34 heavy (non-hydrogen) atoms. The number of piperidine rings is 1. The van der Waals surface area contributed by atoms with Crippen molar-refractivity contribution in [1.82, 2.24) is 20.0 Å². The van der Waals surface area contributed by atoms with Crippen LogP contribution in [0.3, 0.4) is 0 Å². The number of hydrogen-bond acceptors (Lipinski definition) is 5. The predicted molar refractivity (Wildman–Crippen MR) is 134 cm³/mol. The molecule has 4 rings (SSSR count). The first-order chi connectivity index (χ1) is 16.4. The van der Waals surface area contributed by atoms with E-state index in [1.165, 1.54) is 4.90 Å². The van der Waals surface area contributed by atoms with Crippen LogP contribution in [-0.2, 0) is 22.4 Å². The van der Waals surface area contributed by atoms with Gasteiger partial charge in [-0.15, -0.1) is 11.3 Å². The lowest BCUT2D eigenvalue weighted by molar-refractivity contribution is -0.136. The number of urea groups is 1. The molecule has 2 aliphatic rings. The summed E-state index contributed by atoms with van der Waals surface area (Å²) in [4.78, 5) is 45.8. The molecule has 0 radical (unpaired) electrons. The third-order valence-electron chi connectivity index (χ3n) is 7.07. The Kier molecular flexibility index (Phi) is 7.68. The SMILES string of the molecule is CN(C)CCN1C(=O)N[C@](CCc2ccccc2)(C2CCN(C(=O)Cc3cccs3)CC2)C1=O. The first-order valence-electron chi connectivity index (χ1n) is 12.0. The number of imide groups is 1. The molecule has 1 atom stereocenters. The monoisotopic (exact) mass is 482 g/mol. The molecule has 7 nitrogen and oxygen atoms in total. The molecule has 1 aromatic carbocycles. The maximum absolute atomic E-state index is 13.7. The maximum Gasteiger partial charge on any atom is 0.325 e. The summed E-state index contributed by atoms with van der Waals surface area (Å²) in [7, 11) is 3.87. The van der Waals surface area contributed by atoms with Gasteiger partial charge in [-0.25, -0.2) is 4.79 Å². The van der Waals surface area contributed by atoms with Crippen molar-refractivity contribution in [3.63, 3.8) is 0 Å². The number of nitrogens with zero attached hydrogens (tertiary/aromatic N) is 3. The van der Waals surface area contributed by atoms with Gasteiger partial charge < -0.3 is 15.1 Å². The van der Waals surface area contributed by atoms with Gasteiger partial charge in [0.15, 0.2) is 0 Å². The summed E-state index contributed by atoms with van der Waals surface area (Å²) < 4.78 is 0. The van der Waals surface area contributed by atoms with E-state index in [2.05, 4.69) is 17.4 Å². The van der Waals surface area contributed by atoms with Crippen LogP contribution in [0.25, 0.3) is 0 Å². The number of carbonyl (C=O) groups is 3. The third kappa shape index (κ3) is 5.33. The Morgan fingerprint density at radius 3 is 2.50 bits per heavy atom. The Hall–Kier alpha value is -2.71. The summed E-state index contributed by atoms with van der Waals surface area (Å²) >= 11 is 1.60. The lowest BCUT2D eigenvalue weighted by Gasteiger charge is -2.41. The van der Waals surface area contributed by atoms with Gasteiger partial charge >= 0.3 is 6.03 Å². The van der Waals surface area contributed by atoms with Crippen LogP contribution >= 0.6 is 11.3 Å². The second-order valence-electron chi connectivity index (χ2n) is 9.56. The molecule has 0 aliphatic carbocycles. The van der Waals surface area contributed by atoms with Gasteiger partial charge in [0.1, 0.15) is 5.54 Å². The number of hydrogen-bond donors (Lipinski definition) is 1. The number of thiophene rings is 1. The third-order valence-corrected chi connectivity index (χ3v) is 7.95. The summed E-state index contributed by atoms with van der Waals surface area (Å²) in [6.45, 7) is 2.23. The minimum Gasteiger partial charge on any atom is -0.342 e. The minimum absolute atomic E-state index is 0.00260. The van der Waals surface area contributed by atoms with Crippen LogP contribution < -0.4 is 5.32 Å². The average Bonchev–Trinajstić information content (AvgIpc) is 3.43. The standard InChI is InChI=1S/C26H34N4O3S/c1-28(2)16-17-30-24(32)26(27-25(30)33,13-10-20-7-4-3-5-8-20)21-11-14-29(15-12-21)23(31)19-22-9-6-18-34-22/h3-9,18,21H,10-17,19H2,1-2H3,(H,27,33)/t26-/m1/s1. The lowest BCUT2D eigenvalue weighted by atomic mass is 9.74. The Morgan fingerprint density at radius 2 is 1.85 bits per heavy atom. The smallest absolute Gasteiger partial charge is 0.325 e. The summed E-state index contributed by atoms with van der Waals surface area (Å²) in [5.74, 6) is 0.0232. The van der Waals surface area contributed by atoms with Crippen LogP contribution in [0.4, 0.5) is 4.79 Å². The van der Waals surface area contributed by atoms with Crippen molar-refractivity contribution in [2.24, 2.45) is 5.92 Å². The van der Waals surface area contributed by atoms with E-state index in [1.54, 1.807) is 11.3 Å². The maximum atomic E-state index is 13.7. The van der Waals surface area contributed by atoms with Crippen molar-refractivity contribution in [3.05, 3.63) is 58.3 Å². The summed E-state index contributed by atoms with van der Waals surface area (Å²) in [5, 5.41) is 5.12. The van der Waals surface area contributed by atoms with Crippen molar-refractivity contribution in [2.45, 2.75) is 37.6 Å². The quantitative estimate of drug-likeness (QED) is 0.558. The normalized spacial score (nSPS) is 21.4. The Morgan fingerprint density at radius 1 is 1.12 bits per heavy atom. The molecule has 2 fully saturated rings. The van der Waals surface area contributed by atoms with Gasteiger partial charge in [0.2, 0.25) is 5.91 Å². The highest BCUT2D eigenvalue weighted by Gasteiger charge is 2.55. The molecule has 8 heteroatoms. The van der Waals surface area contributed by atoms with Crippen molar-refractivity contribution in [2.75, 3.05) is 40.3 Å². The molecule has 1 N–H and O–H groups in total. The van der Waals surface area contributed by atoms with Crippen LogP contribution in [0.2, 0.25) is 0 Å². The highest BCUT2D eigenvalue weighted by atomic mass is 32.1. The van der Waals surface area contributed by atoms with Gasteiger partial charge in [0, 0.05) is 31.1 Å². The number of nitrogens with one attached hydrogen (secondary N) is 1. The number of benzene rings is 1. The van der Waals surface area contributed by atoms with Gasteiger partial charge in [-0.3, -0.25) is 14.5 Å². The number of aryl methyl sites for hydroxylation is 1. The number of likely N-dealkylation sites (tertiary alicyclic amines) is 1. The van der Waals surface area contributed by atoms with E-state index >= 15 is 0 Å². The Balaban J connectivity index is 1.48. The Bertz CT molecular complexity index is 987. The molecule has 2 saturated heterocycles. The van der Waals surface area contributed by atoms with Crippen LogP contribution in [0.15, 0.2) is 47.8 Å². The second-order valence-corrected chi connectivity index (χ2v) is 10.6. The topological polar surface area (TPSA) is 73.0 Å². The summed E-state index contributed by atoms with van der Waals surface area (Å²) in [6, 6.07) is 13.8. The fraction of sp³-hybridized carbons (Fsp3) is 0.500. The molecular weight excluding hydrogens is 448 g/mol. The molecule has 2 aliphatic heterocycles. The first-order valence-corrected chi connectivity index (χ1v) is 12.9. The number of carbonyl (C=O) groups excluding carboxylic acids is 3. The fourth-order valence-corrected chi connectivity index (χ4v) is 5.78. The molecule has 182 valence electrons. The first kappa shape index (κ1) is 24.4. The molecule has 0 unspecified atom stereocenters. The van der Waals surface area contributed by atoms with Crippen molar-refractivity contribution in [1.29, 1.82) is 0 Å². The van der Waals surface area contributed by atoms with Crippen LogP contribution in [-0.4, -0.2) is 78.4 Å². The lowest BCUT2D eigenvalue weighted by Crippen LogP contribution is -2.57. The van der Waals surface area contributed by atoms with Crippen LogP contribution in [0.5, 0.6) is 0 Å². The number of amides is 4. The molecule has 1 aromatic heterocycles. The van der Waals surface area contributed by atoms with Crippen molar-refractivity contribution in [3.8, 4) is 0 Å². The van der Waals surface area contributed by atoms with Gasteiger partial charge in [0.05, 0.1) is 6.42 Å². The molecule has 0 bridgehead atoms. The largest absolute Gasteiger partial charge is 0.342 e.